The average molecular weight is 295 g/mol. The van der Waals surface area contributed by atoms with Gasteiger partial charge in [-0.15, -0.1) is 0 Å². The van der Waals surface area contributed by atoms with E-state index in [1.54, 1.807) is 0 Å². The molecule has 0 N–H and O–H groups in total. The molecule has 0 saturated heterocycles. The normalized spacial score (nSPS) is 23.0. The zero-order valence-corrected chi connectivity index (χ0v) is 13.8. The van der Waals surface area contributed by atoms with Gasteiger partial charge in [0.15, 0.2) is 0 Å². The van der Waals surface area contributed by atoms with Crippen LogP contribution in [0.1, 0.15) is 61.9 Å². The van der Waals surface area contributed by atoms with Crippen LogP contribution < -0.4 is 4.90 Å². The van der Waals surface area contributed by atoms with Crippen LogP contribution in [-0.4, -0.2) is 9.78 Å². The molecule has 1 aromatic carbocycles. The second-order valence-electron chi connectivity index (χ2n) is 6.99. The summed E-state index contributed by atoms with van der Waals surface area (Å²) in [5.41, 5.74) is 5.82. The number of anilines is 1. The lowest BCUT2D eigenvalue weighted by molar-refractivity contribution is 0.282. The first-order valence-corrected chi connectivity index (χ1v) is 8.52. The van der Waals surface area contributed by atoms with E-state index in [1.807, 2.05) is 0 Å². The smallest absolute Gasteiger partial charge is 0.0695 e. The fourth-order valence-corrected chi connectivity index (χ4v) is 4.84. The first-order chi connectivity index (χ1) is 10.6. The van der Waals surface area contributed by atoms with Crippen molar-refractivity contribution in [1.29, 1.82) is 0 Å². The topological polar surface area (TPSA) is 21.1 Å². The maximum absolute atomic E-state index is 4.58. The summed E-state index contributed by atoms with van der Waals surface area (Å²) in [7, 11) is 2.09. The molecule has 1 fully saturated rings. The molecular formula is C19H25N3. The molecule has 1 unspecified atom stereocenters. The highest BCUT2D eigenvalue weighted by atomic mass is 15.3. The van der Waals surface area contributed by atoms with Gasteiger partial charge in [-0.2, -0.15) is 5.10 Å². The van der Waals surface area contributed by atoms with Crippen molar-refractivity contribution in [3.05, 3.63) is 47.3 Å². The molecule has 22 heavy (non-hydrogen) atoms. The molecule has 1 saturated carbocycles. The Hall–Kier alpha value is -1.77. The zero-order valence-electron chi connectivity index (χ0n) is 13.8. The van der Waals surface area contributed by atoms with E-state index in [0.29, 0.717) is 6.04 Å². The average Bonchev–Trinajstić information content (AvgIpc) is 3.01. The molecule has 0 amide bonds. The van der Waals surface area contributed by atoms with Crippen molar-refractivity contribution >= 4 is 5.69 Å². The number of hydrogen-bond donors (Lipinski definition) is 0. The largest absolute Gasteiger partial charge is 0.353 e. The van der Waals surface area contributed by atoms with Crippen LogP contribution in [-0.2, 0) is 12.6 Å². The highest BCUT2D eigenvalue weighted by Crippen LogP contribution is 2.55. The van der Waals surface area contributed by atoms with E-state index in [-0.39, 0.29) is 5.54 Å². The van der Waals surface area contributed by atoms with E-state index < -0.39 is 0 Å². The minimum Gasteiger partial charge on any atom is -0.353 e. The predicted molar refractivity (Wildman–Crippen MR) is 90.0 cm³/mol. The highest BCUT2D eigenvalue weighted by molar-refractivity contribution is 5.62. The number of benzene rings is 1. The molecule has 3 nitrogen and oxygen atoms in total. The number of para-hydroxylation sites is 1. The van der Waals surface area contributed by atoms with Gasteiger partial charge in [-0.1, -0.05) is 37.5 Å². The van der Waals surface area contributed by atoms with Gasteiger partial charge in [-0.3, -0.25) is 4.68 Å². The molecular weight excluding hydrogens is 270 g/mol. The Labute approximate surface area is 132 Å². The van der Waals surface area contributed by atoms with Gasteiger partial charge < -0.3 is 4.90 Å². The van der Waals surface area contributed by atoms with Gasteiger partial charge in [0.25, 0.3) is 0 Å². The van der Waals surface area contributed by atoms with Crippen molar-refractivity contribution in [1.82, 2.24) is 9.78 Å². The van der Waals surface area contributed by atoms with Gasteiger partial charge in [0.1, 0.15) is 0 Å². The summed E-state index contributed by atoms with van der Waals surface area (Å²) >= 11 is 0. The molecule has 2 aromatic rings. The van der Waals surface area contributed by atoms with Gasteiger partial charge in [-0.05, 0) is 38.3 Å². The fourth-order valence-electron chi connectivity index (χ4n) is 4.84. The lowest BCUT2D eigenvalue weighted by Gasteiger charge is -2.45. The first-order valence-electron chi connectivity index (χ1n) is 8.52. The lowest BCUT2D eigenvalue weighted by atomic mass is 9.77. The summed E-state index contributed by atoms with van der Waals surface area (Å²) in [6.45, 7) is 4.58. The monoisotopic (exact) mass is 295 g/mol. The molecule has 1 aromatic heterocycles. The van der Waals surface area contributed by atoms with Gasteiger partial charge >= 0.3 is 0 Å². The van der Waals surface area contributed by atoms with Crippen molar-refractivity contribution in [2.24, 2.45) is 7.05 Å². The molecule has 4 rings (SSSR count). The molecule has 0 radical (unpaired) electrons. The van der Waals surface area contributed by atoms with Gasteiger partial charge in [0, 0.05) is 18.3 Å². The molecule has 2 heterocycles. The molecule has 1 aliphatic heterocycles. The molecule has 1 aliphatic carbocycles. The van der Waals surface area contributed by atoms with Gasteiger partial charge in [0.05, 0.1) is 23.5 Å². The summed E-state index contributed by atoms with van der Waals surface area (Å²) in [4.78, 5) is 2.70. The van der Waals surface area contributed by atoms with Crippen LogP contribution in [0, 0.1) is 6.92 Å². The van der Waals surface area contributed by atoms with E-state index in [4.69, 9.17) is 0 Å². The minimum atomic E-state index is 0.160. The third kappa shape index (κ3) is 1.71. The quantitative estimate of drug-likeness (QED) is 0.774. The van der Waals surface area contributed by atoms with Crippen molar-refractivity contribution in [2.45, 2.75) is 57.5 Å². The summed E-state index contributed by atoms with van der Waals surface area (Å²) in [6, 6.07) is 9.23. The van der Waals surface area contributed by atoms with Crippen molar-refractivity contribution in [3.8, 4) is 0 Å². The Balaban J connectivity index is 1.92. The van der Waals surface area contributed by atoms with Crippen molar-refractivity contribution in [2.75, 3.05) is 4.90 Å². The highest BCUT2D eigenvalue weighted by Gasteiger charge is 2.51. The van der Waals surface area contributed by atoms with Crippen LogP contribution in [0.5, 0.6) is 0 Å². The van der Waals surface area contributed by atoms with Gasteiger partial charge in [0.2, 0.25) is 0 Å². The summed E-state index contributed by atoms with van der Waals surface area (Å²) in [5.74, 6) is 0. The second-order valence-corrected chi connectivity index (χ2v) is 6.99. The maximum atomic E-state index is 4.58. The Morgan fingerprint density at radius 2 is 1.86 bits per heavy atom. The van der Waals surface area contributed by atoms with Crippen LogP contribution in [0.4, 0.5) is 5.69 Å². The Morgan fingerprint density at radius 3 is 2.59 bits per heavy atom. The van der Waals surface area contributed by atoms with Gasteiger partial charge in [-0.25, -0.2) is 0 Å². The molecule has 2 aliphatic rings. The second kappa shape index (κ2) is 4.87. The number of fused-ring (bicyclic) bond motifs is 2. The van der Waals surface area contributed by atoms with Crippen LogP contribution in [0.25, 0.3) is 0 Å². The number of aromatic nitrogens is 2. The Kier molecular flexibility index (Phi) is 3.07. The standard InChI is InChI=1S/C19H25N3/c1-14-9-5-6-10-17(14)22-15(2)18-16(13-20-21(18)3)19(22)11-7-4-8-12-19/h5-6,9-10,13,15H,4,7-8,11-12H2,1-3H3. The number of nitrogens with zero attached hydrogens (tertiary/aromatic N) is 3. The van der Waals surface area contributed by atoms with E-state index in [9.17, 15) is 0 Å². The summed E-state index contributed by atoms with van der Waals surface area (Å²) in [5, 5.41) is 4.58. The predicted octanol–water partition coefficient (Wildman–Crippen LogP) is 4.47. The molecule has 1 atom stereocenters. The number of hydrogen-bond acceptors (Lipinski definition) is 2. The third-order valence-corrected chi connectivity index (χ3v) is 5.79. The zero-order chi connectivity index (χ0) is 15.3. The van der Waals surface area contributed by atoms with E-state index in [2.05, 4.69) is 66.0 Å². The molecule has 1 spiro atoms. The molecule has 0 bridgehead atoms. The minimum absolute atomic E-state index is 0.160. The van der Waals surface area contributed by atoms with E-state index in [0.717, 1.165) is 0 Å². The fraction of sp³-hybridized carbons (Fsp3) is 0.526. The van der Waals surface area contributed by atoms with Crippen LogP contribution >= 0.6 is 0 Å². The van der Waals surface area contributed by atoms with Crippen molar-refractivity contribution < 1.29 is 0 Å². The maximum Gasteiger partial charge on any atom is 0.0695 e. The summed E-state index contributed by atoms with van der Waals surface area (Å²) in [6.07, 6.45) is 8.66. The SMILES string of the molecule is Cc1ccccc1N1C(C)c2c(cnn2C)C12CCCCC2. The van der Waals surface area contributed by atoms with E-state index >= 15 is 0 Å². The van der Waals surface area contributed by atoms with E-state index in [1.165, 1.54) is 54.6 Å². The first kappa shape index (κ1) is 13.9. The van der Waals surface area contributed by atoms with Crippen LogP contribution in [0.2, 0.25) is 0 Å². The Morgan fingerprint density at radius 1 is 1.14 bits per heavy atom. The molecule has 3 heteroatoms. The number of rotatable bonds is 1. The lowest BCUT2D eigenvalue weighted by Crippen LogP contribution is -2.44. The summed E-state index contributed by atoms with van der Waals surface area (Å²) < 4.78 is 2.09. The van der Waals surface area contributed by atoms with Crippen LogP contribution in [0.15, 0.2) is 30.5 Å². The third-order valence-electron chi connectivity index (χ3n) is 5.79. The molecule has 116 valence electrons. The van der Waals surface area contributed by atoms with Crippen LogP contribution in [0.3, 0.4) is 0 Å². The Bertz CT molecular complexity index is 694. The van der Waals surface area contributed by atoms with Crippen molar-refractivity contribution in [3.63, 3.8) is 0 Å². The number of aryl methyl sites for hydroxylation is 2.